The Bertz CT molecular complexity index is 557. The lowest BCUT2D eigenvalue weighted by molar-refractivity contribution is -0.129. The van der Waals surface area contributed by atoms with Crippen LogP contribution in [0.15, 0.2) is 30.3 Å². The van der Waals surface area contributed by atoms with Crippen LogP contribution in [0, 0.1) is 5.92 Å². The number of nitrogens with zero attached hydrogens (tertiary/aromatic N) is 3. The number of carbonyl (C=O) groups is 1. The molecule has 22 heavy (non-hydrogen) atoms. The van der Waals surface area contributed by atoms with E-state index < -0.39 is 6.10 Å². The lowest BCUT2D eigenvalue weighted by atomic mass is 10.1. The minimum atomic E-state index is -0.507. The number of hydrogen-bond donors (Lipinski definition) is 2. The number of aryl methyl sites for hydroxylation is 1. The maximum atomic E-state index is 12.3. The second-order valence-electron chi connectivity index (χ2n) is 5.32. The molecule has 7 nitrogen and oxygen atoms in total. The van der Waals surface area contributed by atoms with Crippen LogP contribution < -0.4 is 10.1 Å². The molecule has 7 heteroatoms. The van der Waals surface area contributed by atoms with E-state index in [4.69, 9.17) is 4.74 Å². The van der Waals surface area contributed by atoms with E-state index in [1.807, 2.05) is 44.2 Å². The summed E-state index contributed by atoms with van der Waals surface area (Å²) in [6.07, 6.45) is 0.914. The third-order valence-electron chi connectivity index (χ3n) is 3.14. The summed E-state index contributed by atoms with van der Waals surface area (Å²) in [5.41, 5.74) is 0. The number of benzene rings is 1. The van der Waals surface area contributed by atoms with E-state index >= 15 is 0 Å². The summed E-state index contributed by atoms with van der Waals surface area (Å²) in [6.45, 7) is 4.48. The van der Waals surface area contributed by atoms with Gasteiger partial charge < -0.3 is 10.1 Å². The molecule has 0 bridgehead atoms. The quantitative estimate of drug-likeness (QED) is 0.718. The fourth-order valence-corrected chi connectivity index (χ4v) is 1.99. The van der Waals surface area contributed by atoms with Gasteiger partial charge in [0.25, 0.3) is 5.91 Å². The van der Waals surface area contributed by atoms with Gasteiger partial charge in [-0.1, -0.05) is 37.3 Å². The largest absolute Gasteiger partial charge is 0.480 e. The SMILES string of the molecule is CC(C)[C@H](Oc1ccccc1)C(=O)NCCCc1nn[nH]n1. The first-order valence-electron chi connectivity index (χ1n) is 7.38. The number of nitrogens with one attached hydrogen (secondary N) is 2. The molecule has 1 atom stereocenters. The van der Waals surface area contributed by atoms with Crippen molar-refractivity contribution in [2.24, 2.45) is 5.92 Å². The Kier molecular flexibility index (Phi) is 5.88. The van der Waals surface area contributed by atoms with E-state index in [-0.39, 0.29) is 11.8 Å². The third-order valence-corrected chi connectivity index (χ3v) is 3.14. The molecule has 2 aromatic rings. The van der Waals surface area contributed by atoms with Crippen molar-refractivity contribution in [2.75, 3.05) is 6.54 Å². The molecule has 0 radical (unpaired) electrons. The molecule has 0 spiro atoms. The number of amides is 1. The predicted octanol–water partition coefficient (Wildman–Crippen LogP) is 1.35. The molecule has 0 aliphatic carbocycles. The summed E-state index contributed by atoms with van der Waals surface area (Å²) in [5, 5.41) is 16.5. The van der Waals surface area contributed by atoms with Gasteiger partial charge >= 0.3 is 0 Å². The zero-order valence-electron chi connectivity index (χ0n) is 12.8. The van der Waals surface area contributed by atoms with Gasteiger partial charge in [-0.05, 0) is 24.5 Å². The van der Waals surface area contributed by atoms with Crippen LogP contribution in [0.2, 0.25) is 0 Å². The van der Waals surface area contributed by atoms with Gasteiger partial charge in [0.2, 0.25) is 0 Å². The molecule has 0 fully saturated rings. The van der Waals surface area contributed by atoms with Gasteiger partial charge in [0.15, 0.2) is 11.9 Å². The average molecular weight is 303 g/mol. The molecular weight excluding hydrogens is 282 g/mol. The Morgan fingerprint density at radius 3 is 2.73 bits per heavy atom. The van der Waals surface area contributed by atoms with Crippen molar-refractivity contribution in [3.63, 3.8) is 0 Å². The highest BCUT2D eigenvalue weighted by atomic mass is 16.5. The zero-order chi connectivity index (χ0) is 15.8. The van der Waals surface area contributed by atoms with E-state index in [0.717, 1.165) is 6.42 Å². The molecule has 1 aromatic heterocycles. The maximum absolute atomic E-state index is 12.3. The molecular formula is C15H21N5O2. The number of para-hydroxylation sites is 1. The fourth-order valence-electron chi connectivity index (χ4n) is 1.99. The number of carbonyl (C=O) groups excluding carboxylic acids is 1. The Labute approximate surface area is 129 Å². The van der Waals surface area contributed by atoms with Gasteiger partial charge in [-0.2, -0.15) is 5.21 Å². The van der Waals surface area contributed by atoms with Crippen LogP contribution in [-0.2, 0) is 11.2 Å². The van der Waals surface area contributed by atoms with Gasteiger partial charge in [0.05, 0.1) is 0 Å². The van der Waals surface area contributed by atoms with E-state index in [0.29, 0.717) is 24.5 Å². The lowest BCUT2D eigenvalue weighted by Gasteiger charge is -2.21. The topological polar surface area (TPSA) is 92.8 Å². The number of ether oxygens (including phenoxy) is 1. The summed E-state index contributed by atoms with van der Waals surface area (Å²) in [7, 11) is 0. The van der Waals surface area contributed by atoms with Crippen molar-refractivity contribution in [3.8, 4) is 5.75 Å². The lowest BCUT2D eigenvalue weighted by Crippen LogP contribution is -2.42. The minimum absolute atomic E-state index is 0.0809. The van der Waals surface area contributed by atoms with E-state index in [9.17, 15) is 4.79 Å². The molecule has 118 valence electrons. The maximum Gasteiger partial charge on any atom is 0.261 e. The van der Waals surface area contributed by atoms with Gasteiger partial charge in [-0.15, -0.1) is 10.2 Å². The first-order valence-corrected chi connectivity index (χ1v) is 7.38. The highest BCUT2D eigenvalue weighted by Crippen LogP contribution is 2.15. The van der Waals surface area contributed by atoms with Crippen LogP contribution in [0.25, 0.3) is 0 Å². The Hall–Kier alpha value is -2.44. The minimum Gasteiger partial charge on any atom is -0.480 e. The zero-order valence-corrected chi connectivity index (χ0v) is 12.8. The van der Waals surface area contributed by atoms with E-state index in [1.165, 1.54) is 0 Å². The second kappa shape index (κ2) is 8.11. The standard InChI is InChI=1S/C15H21N5O2/c1-11(2)14(22-12-7-4-3-5-8-12)15(21)16-10-6-9-13-17-19-20-18-13/h3-5,7-8,11,14H,6,9-10H2,1-2H3,(H,16,21)(H,17,18,19,20)/t14-/m0/s1. The first-order chi connectivity index (χ1) is 10.7. The summed E-state index contributed by atoms with van der Waals surface area (Å²) >= 11 is 0. The number of aromatic amines is 1. The first kappa shape index (κ1) is 15.9. The van der Waals surface area contributed by atoms with Gasteiger partial charge in [0, 0.05) is 13.0 Å². The normalized spacial score (nSPS) is 12.1. The Morgan fingerprint density at radius 1 is 1.32 bits per heavy atom. The molecule has 2 N–H and O–H groups in total. The second-order valence-corrected chi connectivity index (χ2v) is 5.32. The van der Waals surface area contributed by atoms with Crippen molar-refractivity contribution in [1.29, 1.82) is 0 Å². The molecule has 0 aliphatic rings. The van der Waals surface area contributed by atoms with Crippen molar-refractivity contribution >= 4 is 5.91 Å². The summed E-state index contributed by atoms with van der Waals surface area (Å²) in [5.74, 6) is 1.32. The smallest absolute Gasteiger partial charge is 0.261 e. The van der Waals surface area contributed by atoms with Crippen LogP contribution in [0.5, 0.6) is 5.75 Å². The highest BCUT2D eigenvalue weighted by Gasteiger charge is 2.23. The van der Waals surface area contributed by atoms with Gasteiger partial charge in [-0.25, -0.2) is 0 Å². The van der Waals surface area contributed by atoms with Crippen LogP contribution in [0.1, 0.15) is 26.1 Å². The van der Waals surface area contributed by atoms with Crippen LogP contribution in [0.3, 0.4) is 0 Å². The van der Waals surface area contributed by atoms with Crippen molar-refractivity contribution in [1.82, 2.24) is 25.9 Å². The number of tetrazole rings is 1. The molecule has 2 rings (SSSR count). The van der Waals surface area contributed by atoms with Crippen LogP contribution >= 0.6 is 0 Å². The molecule has 0 unspecified atom stereocenters. The molecule has 1 heterocycles. The Balaban J connectivity index is 1.79. The van der Waals surface area contributed by atoms with Crippen molar-refractivity contribution in [3.05, 3.63) is 36.2 Å². The van der Waals surface area contributed by atoms with Crippen molar-refractivity contribution < 1.29 is 9.53 Å². The molecule has 0 aliphatic heterocycles. The summed E-state index contributed by atoms with van der Waals surface area (Å²) in [4.78, 5) is 12.3. The number of H-pyrrole nitrogens is 1. The Morgan fingerprint density at radius 2 is 2.09 bits per heavy atom. The fraction of sp³-hybridized carbons (Fsp3) is 0.467. The van der Waals surface area contributed by atoms with Gasteiger partial charge in [-0.3, -0.25) is 4.79 Å². The highest BCUT2D eigenvalue weighted by molar-refractivity contribution is 5.81. The summed E-state index contributed by atoms with van der Waals surface area (Å²) in [6, 6.07) is 9.37. The van der Waals surface area contributed by atoms with Gasteiger partial charge in [0.1, 0.15) is 5.75 Å². The number of aromatic nitrogens is 4. The predicted molar refractivity (Wildman–Crippen MR) is 81.2 cm³/mol. The summed E-state index contributed by atoms with van der Waals surface area (Å²) < 4.78 is 5.79. The molecule has 1 amide bonds. The number of hydrogen-bond acceptors (Lipinski definition) is 5. The van der Waals surface area contributed by atoms with E-state index in [1.54, 1.807) is 0 Å². The monoisotopic (exact) mass is 303 g/mol. The van der Waals surface area contributed by atoms with Crippen LogP contribution in [-0.4, -0.2) is 39.2 Å². The number of rotatable bonds is 8. The average Bonchev–Trinajstić information content (AvgIpc) is 3.03. The van der Waals surface area contributed by atoms with Crippen molar-refractivity contribution in [2.45, 2.75) is 32.8 Å². The molecule has 0 saturated carbocycles. The third kappa shape index (κ3) is 4.83. The molecule has 0 saturated heterocycles. The van der Waals surface area contributed by atoms with E-state index in [2.05, 4.69) is 25.9 Å². The molecule has 1 aromatic carbocycles. The van der Waals surface area contributed by atoms with Crippen LogP contribution in [0.4, 0.5) is 0 Å².